The number of fused-ring (bicyclic) bond motifs is 1. The number of aryl methyl sites for hydroxylation is 2. The standard InChI is InChI=1S/C21H24N2O2S/c1-15-6-5-8-17(12-15)22-20(24)13-26-14-21(25)23(2)19-11-10-16-7-3-4-9-18(16)19/h3-9,12,19H,10-11,13-14H2,1-2H3,(H,22,24). The van der Waals surface area contributed by atoms with Gasteiger partial charge in [0.2, 0.25) is 11.8 Å². The van der Waals surface area contributed by atoms with E-state index in [-0.39, 0.29) is 23.6 Å². The zero-order valence-corrected chi connectivity index (χ0v) is 16.0. The predicted molar refractivity (Wildman–Crippen MR) is 107 cm³/mol. The number of nitrogens with zero attached hydrogens (tertiary/aromatic N) is 1. The number of anilines is 1. The van der Waals surface area contributed by atoms with E-state index >= 15 is 0 Å². The Morgan fingerprint density at radius 1 is 1.15 bits per heavy atom. The highest BCUT2D eigenvalue weighted by Crippen LogP contribution is 2.34. The predicted octanol–water partition coefficient (Wildman–Crippen LogP) is 3.81. The lowest BCUT2D eigenvalue weighted by Gasteiger charge is -2.25. The average Bonchev–Trinajstić information content (AvgIpc) is 3.05. The Morgan fingerprint density at radius 2 is 1.96 bits per heavy atom. The summed E-state index contributed by atoms with van der Waals surface area (Å²) >= 11 is 1.36. The van der Waals surface area contributed by atoms with Crippen LogP contribution in [0.5, 0.6) is 0 Å². The van der Waals surface area contributed by atoms with Gasteiger partial charge in [-0.05, 0) is 48.6 Å². The second kappa shape index (κ2) is 8.41. The van der Waals surface area contributed by atoms with Crippen molar-refractivity contribution >= 4 is 29.3 Å². The Hall–Kier alpha value is -2.27. The summed E-state index contributed by atoms with van der Waals surface area (Å²) < 4.78 is 0. The summed E-state index contributed by atoms with van der Waals surface area (Å²) in [5, 5.41) is 2.87. The molecule has 2 amide bonds. The van der Waals surface area contributed by atoms with E-state index in [1.54, 1.807) is 0 Å². The average molecular weight is 369 g/mol. The molecule has 0 fully saturated rings. The summed E-state index contributed by atoms with van der Waals surface area (Å²) in [6, 6.07) is 16.2. The number of carbonyl (C=O) groups excluding carboxylic acids is 2. The van der Waals surface area contributed by atoms with Gasteiger partial charge in [0, 0.05) is 12.7 Å². The van der Waals surface area contributed by atoms with Crippen molar-refractivity contribution in [3.05, 3.63) is 65.2 Å². The van der Waals surface area contributed by atoms with Gasteiger partial charge in [0.15, 0.2) is 0 Å². The lowest BCUT2D eigenvalue weighted by atomic mass is 10.1. The van der Waals surface area contributed by atoms with Crippen LogP contribution in [0.3, 0.4) is 0 Å². The second-order valence-corrected chi connectivity index (χ2v) is 7.65. The fourth-order valence-electron chi connectivity index (χ4n) is 3.36. The number of carbonyl (C=O) groups is 2. The molecule has 1 aliphatic rings. The fraction of sp³-hybridized carbons (Fsp3) is 0.333. The molecule has 136 valence electrons. The van der Waals surface area contributed by atoms with Crippen LogP contribution in [0.25, 0.3) is 0 Å². The lowest BCUT2D eigenvalue weighted by molar-refractivity contribution is -0.129. The number of hydrogen-bond donors (Lipinski definition) is 1. The first-order valence-electron chi connectivity index (χ1n) is 8.82. The smallest absolute Gasteiger partial charge is 0.234 e. The summed E-state index contributed by atoms with van der Waals surface area (Å²) in [5.41, 5.74) is 4.48. The summed E-state index contributed by atoms with van der Waals surface area (Å²) in [6.45, 7) is 1.99. The van der Waals surface area contributed by atoms with Crippen molar-refractivity contribution in [3.63, 3.8) is 0 Å². The van der Waals surface area contributed by atoms with Gasteiger partial charge >= 0.3 is 0 Å². The minimum Gasteiger partial charge on any atom is -0.338 e. The molecule has 2 aromatic rings. The van der Waals surface area contributed by atoms with Gasteiger partial charge in [0.1, 0.15) is 0 Å². The Balaban J connectivity index is 1.46. The first-order valence-corrected chi connectivity index (χ1v) is 9.98. The topological polar surface area (TPSA) is 49.4 Å². The monoisotopic (exact) mass is 368 g/mol. The van der Waals surface area contributed by atoms with Crippen molar-refractivity contribution in [1.82, 2.24) is 4.90 Å². The number of hydrogen-bond acceptors (Lipinski definition) is 3. The summed E-state index contributed by atoms with van der Waals surface area (Å²) in [4.78, 5) is 26.4. The largest absolute Gasteiger partial charge is 0.338 e. The molecule has 0 spiro atoms. The van der Waals surface area contributed by atoms with Gasteiger partial charge < -0.3 is 10.2 Å². The molecule has 2 aromatic carbocycles. The third-order valence-electron chi connectivity index (χ3n) is 4.72. The van der Waals surface area contributed by atoms with E-state index in [4.69, 9.17) is 0 Å². The van der Waals surface area contributed by atoms with Crippen molar-refractivity contribution < 1.29 is 9.59 Å². The molecule has 0 heterocycles. The molecule has 1 aliphatic carbocycles. The Morgan fingerprint density at radius 3 is 2.77 bits per heavy atom. The van der Waals surface area contributed by atoms with Crippen molar-refractivity contribution in [2.24, 2.45) is 0 Å². The van der Waals surface area contributed by atoms with Crippen molar-refractivity contribution in [2.45, 2.75) is 25.8 Å². The van der Waals surface area contributed by atoms with E-state index in [9.17, 15) is 9.59 Å². The van der Waals surface area contributed by atoms with Crippen LogP contribution in [-0.2, 0) is 16.0 Å². The molecule has 5 heteroatoms. The minimum absolute atomic E-state index is 0.0695. The number of benzene rings is 2. The molecule has 1 atom stereocenters. The first-order chi connectivity index (χ1) is 12.5. The summed E-state index contributed by atoms with van der Waals surface area (Å²) in [7, 11) is 1.86. The van der Waals surface area contributed by atoms with Crippen LogP contribution in [0, 0.1) is 6.92 Å². The van der Waals surface area contributed by atoms with Crippen LogP contribution in [0.2, 0.25) is 0 Å². The Kier molecular flexibility index (Phi) is 5.99. The SMILES string of the molecule is Cc1cccc(NC(=O)CSCC(=O)N(C)C2CCc3ccccc32)c1. The maximum Gasteiger partial charge on any atom is 0.234 e. The molecule has 0 saturated heterocycles. The molecule has 3 rings (SSSR count). The van der Waals surface area contributed by atoms with Crippen LogP contribution in [0.1, 0.15) is 29.2 Å². The van der Waals surface area contributed by atoms with E-state index in [1.165, 1.54) is 22.9 Å². The van der Waals surface area contributed by atoms with Crippen LogP contribution < -0.4 is 5.32 Å². The van der Waals surface area contributed by atoms with Gasteiger partial charge in [-0.3, -0.25) is 9.59 Å². The molecule has 0 saturated carbocycles. The molecule has 0 aromatic heterocycles. The van der Waals surface area contributed by atoms with E-state index < -0.39 is 0 Å². The van der Waals surface area contributed by atoms with E-state index in [0.29, 0.717) is 5.75 Å². The Labute approximate surface area is 159 Å². The highest BCUT2D eigenvalue weighted by atomic mass is 32.2. The molecule has 0 radical (unpaired) electrons. The highest BCUT2D eigenvalue weighted by Gasteiger charge is 2.28. The summed E-state index contributed by atoms with van der Waals surface area (Å²) in [6.07, 6.45) is 1.99. The van der Waals surface area contributed by atoms with Gasteiger partial charge in [0.05, 0.1) is 17.5 Å². The molecule has 0 bridgehead atoms. The van der Waals surface area contributed by atoms with Gasteiger partial charge in [-0.1, -0.05) is 36.4 Å². The van der Waals surface area contributed by atoms with E-state index in [2.05, 4.69) is 17.4 Å². The maximum atomic E-state index is 12.5. The maximum absolute atomic E-state index is 12.5. The van der Waals surface area contributed by atoms with E-state index in [1.807, 2.05) is 55.3 Å². The molecule has 1 N–H and O–H groups in total. The second-order valence-electron chi connectivity index (χ2n) is 6.67. The molecule has 0 aliphatic heterocycles. The van der Waals surface area contributed by atoms with Crippen LogP contribution >= 0.6 is 11.8 Å². The van der Waals surface area contributed by atoms with Crippen LogP contribution in [0.4, 0.5) is 5.69 Å². The van der Waals surface area contributed by atoms with Gasteiger partial charge in [-0.15, -0.1) is 11.8 Å². The molecule has 1 unspecified atom stereocenters. The van der Waals surface area contributed by atoms with Gasteiger partial charge in [0.25, 0.3) is 0 Å². The fourth-order valence-corrected chi connectivity index (χ4v) is 4.10. The highest BCUT2D eigenvalue weighted by molar-refractivity contribution is 8.00. The number of amides is 2. The quantitative estimate of drug-likeness (QED) is 0.843. The normalized spacial score (nSPS) is 15.4. The molecular formula is C21H24N2O2S. The number of rotatable bonds is 6. The molecular weight excluding hydrogens is 344 g/mol. The Bertz CT molecular complexity index is 806. The van der Waals surface area contributed by atoms with Crippen molar-refractivity contribution in [1.29, 1.82) is 0 Å². The van der Waals surface area contributed by atoms with Crippen molar-refractivity contribution in [2.75, 3.05) is 23.9 Å². The van der Waals surface area contributed by atoms with Crippen LogP contribution in [-0.4, -0.2) is 35.3 Å². The zero-order chi connectivity index (χ0) is 18.5. The minimum atomic E-state index is -0.0812. The van der Waals surface area contributed by atoms with Gasteiger partial charge in [-0.2, -0.15) is 0 Å². The van der Waals surface area contributed by atoms with E-state index in [0.717, 1.165) is 24.1 Å². The zero-order valence-electron chi connectivity index (χ0n) is 15.2. The lowest BCUT2D eigenvalue weighted by Crippen LogP contribution is -2.32. The van der Waals surface area contributed by atoms with Gasteiger partial charge in [-0.25, -0.2) is 0 Å². The third kappa shape index (κ3) is 4.47. The summed E-state index contributed by atoms with van der Waals surface area (Å²) in [5.74, 6) is 0.577. The molecule has 26 heavy (non-hydrogen) atoms. The number of nitrogens with one attached hydrogen (secondary N) is 1. The first kappa shape index (κ1) is 18.5. The van der Waals surface area contributed by atoms with Crippen molar-refractivity contribution in [3.8, 4) is 0 Å². The number of thioether (sulfide) groups is 1. The molecule has 4 nitrogen and oxygen atoms in total. The van der Waals surface area contributed by atoms with Crippen LogP contribution in [0.15, 0.2) is 48.5 Å². The third-order valence-corrected chi connectivity index (χ3v) is 5.64.